The van der Waals surface area contributed by atoms with Crippen molar-refractivity contribution in [3.63, 3.8) is 0 Å². The van der Waals surface area contributed by atoms with Crippen LogP contribution in [0.5, 0.6) is 11.5 Å². The number of aromatic nitrogens is 2. The van der Waals surface area contributed by atoms with Gasteiger partial charge >= 0.3 is 0 Å². The molecule has 0 aliphatic carbocycles. The molecule has 0 atom stereocenters. The van der Waals surface area contributed by atoms with E-state index in [0.29, 0.717) is 42.7 Å². The number of rotatable bonds is 5. The van der Waals surface area contributed by atoms with Gasteiger partial charge in [-0.2, -0.15) is 0 Å². The predicted octanol–water partition coefficient (Wildman–Crippen LogP) is 3.28. The molecule has 1 aliphatic heterocycles. The van der Waals surface area contributed by atoms with E-state index in [1.165, 1.54) is 0 Å². The Hall–Kier alpha value is -2.73. The van der Waals surface area contributed by atoms with E-state index >= 15 is 0 Å². The van der Waals surface area contributed by atoms with Crippen molar-refractivity contribution in [2.24, 2.45) is 0 Å². The molecule has 2 heterocycles. The SMILES string of the molecule is O=C(Cc1cc(Cl)c2c(c1)OCCCO2)NCCc1nc2ccccc2[nH]1. The van der Waals surface area contributed by atoms with Crippen molar-refractivity contribution < 1.29 is 14.3 Å². The van der Waals surface area contributed by atoms with Crippen LogP contribution < -0.4 is 14.8 Å². The number of para-hydroxylation sites is 2. The molecule has 3 aromatic rings. The van der Waals surface area contributed by atoms with Crippen molar-refractivity contribution >= 4 is 28.5 Å². The topological polar surface area (TPSA) is 76.2 Å². The number of nitrogens with one attached hydrogen (secondary N) is 2. The number of hydrogen-bond donors (Lipinski definition) is 2. The normalized spacial score (nSPS) is 13.4. The molecule has 4 rings (SSSR count). The van der Waals surface area contributed by atoms with Crippen LogP contribution in [-0.4, -0.2) is 35.6 Å². The minimum absolute atomic E-state index is 0.0725. The van der Waals surface area contributed by atoms with E-state index in [1.54, 1.807) is 6.07 Å². The van der Waals surface area contributed by atoms with Crippen molar-refractivity contribution in [1.29, 1.82) is 0 Å². The zero-order valence-corrected chi connectivity index (χ0v) is 15.5. The van der Waals surface area contributed by atoms with Gasteiger partial charge in [-0.25, -0.2) is 4.98 Å². The van der Waals surface area contributed by atoms with Gasteiger partial charge in [0, 0.05) is 19.4 Å². The van der Waals surface area contributed by atoms with Gasteiger partial charge in [0.25, 0.3) is 0 Å². The number of aromatic amines is 1. The second-order valence-corrected chi connectivity index (χ2v) is 6.84. The number of hydrogen-bond acceptors (Lipinski definition) is 4. The molecule has 0 saturated heterocycles. The molecule has 0 unspecified atom stereocenters. The van der Waals surface area contributed by atoms with Gasteiger partial charge in [-0.15, -0.1) is 0 Å². The lowest BCUT2D eigenvalue weighted by atomic mass is 10.1. The van der Waals surface area contributed by atoms with E-state index in [2.05, 4.69) is 15.3 Å². The molecule has 1 aromatic heterocycles. The lowest BCUT2D eigenvalue weighted by Crippen LogP contribution is -2.27. The van der Waals surface area contributed by atoms with Gasteiger partial charge < -0.3 is 19.8 Å². The highest BCUT2D eigenvalue weighted by Crippen LogP contribution is 2.38. The summed E-state index contributed by atoms with van der Waals surface area (Å²) in [5.41, 5.74) is 2.73. The van der Waals surface area contributed by atoms with Crippen molar-refractivity contribution in [1.82, 2.24) is 15.3 Å². The highest BCUT2D eigenvalue weighted by molar-refractivity contribution is 6.32. The van der Waals surface area contributed by atoms with E-state index in [0.717, 1.165) is 28.8 Å². The molecule has 140 valence electrons. The van der Waals surface area contributed by atoms with Gasteiger partial charge in [0.1, 0.15) is 5.82 Å². The highest BCUT2D eigenvalue weighted by atomic mass is 35.5. The third-order valence-electron chi connectivity index (χ3n) is 4.35. The molecule has 0 spiro atoms. The summed E-state index contributed by atoms with van der Waals surface area (Å²) in [5, 5.41) is 3.39. The molecule has 2 N–H and O–H groups in total. The Morgan fingerprint density at radius 3 is 2.96 bits per heavy atom. The summed E-state index contributed by atoms with van der Waals surface area (Å²) < 4.78 is 11.3. The highest BCUT2D eigenvalue weighted by Gasteiger charge is 2.16. The fourth-order valence-corrected chi connectivity index (χ4v) is 3.37. The predicted molar refractivity (Wildman–Crippen MR) is 104 cm³/mol. The van der Waals surface area contributed by atoms with Gasteiger partial charge in [0.2, 0.25) is 5.91 Å². The first-order chi connectivity index (χ1) is 13.2. The van der Waals surface area contributed by atoms with Crippen LogP contribution in [0.4, 0.5) is 0 Å². The molecule has 0 saturated carbocycles. The van der Waals surface area contributed by atoms with E-state index in [-0.39, 0.29) is 12.3 Å². The first-order valence-electron chi connectivity index (χ1n) is 8.97. The number of imidazole rings is 1. The average molecular weight is 386 g/mol. The zero-order valence-electron chi connectivity index (χ0n) is 14.8. The number of H-pyrrole nitrogens is 1. The largest absolute Gasteiger partial charge is 0.489 e. The van der Waals surface area contributed by atoms with E-state index < -0.39 is 0 Å². The summed E-state index contributed by atoms with van der Waals surface area (Å²) in [6, 6.07) is 11.4. The molecule has 0 radical (unpaired) electrons. The summed E-state index contributed by atoms with van der Waals surface area (Å²) in [5.74, 6) is 1.94. The lowest BCUT2D eigenvalue weighted by Gasteiger charge is -2.11. The van der Waals surface area contributed by atoms with Crippen molar-refractivity contribution in [2.45, 2.75) is 19.3 Å². The first kappa shape index (κ1) is 17.7. The number of benzene rings is 2. The Balaban J connectivity index is 1.34. The third-order valence-corrected chi connectivity index (χ3v) is 4.63. The zero-order chi connectivity index (χ0) is 18.6. The van der Waals surface area contributed by atoms with Crippen LogP contribution in [-0.2, 0) is 17.6 Å². The Bertz CT molecular complexity index is 937. The molecule has 27 heavy (non-hydrogen) atoms. The molecule has 0 fully saturated rings. The minimum atomic E-state index is -0.0725. The molecule has 1 aliphatic rings. The third kappa shape index (κ3) is 4.17. The molecule has 6 nitrogen and oxygen atoms in total. The molecule has 2 aromatic carbocycles. The van der Waals surface area contributed by atoms with Gasteiger partial charge in [0.05, 0.1) is 35.7 Å². The van der Waals surface area contributed by atoms with Gasteiger partial charge in [-0.1, -0.05) is 23.7 Å². The van der Waals surface area contributed by atoms with Gasteiger partial charge in [-0.05, 0) is 29.8 Å². The number of carbonyl (C=O) groups is 1. The monoisotopic (exact) mass is 385 g/mol. The van der Waals surface area contributed by atoms with E-state index in [4.69, 9.17) is 21.1 Å². The second kappa shape index (κ2) is 7.88. The average Bonchev–Trinajstić information content (AvgIpc) is 2.90. The Morgan fingerprint density at radius 1 is 1.22 bits per heavy atom. The Labute approximate surface area is 161 Å². The van der Waals surface area contributed by atoms with Crippen LogP contribution in [0.3, 0.4) is 0 Å². The summed E-state index contributed by atoms with van der Waals surface area (Å²) in [7, 11) is 0. The Morgan fingerprint density at radius 2 is 2.07 bits per heavy atom. The smallest absolute Gasteiger partial charge is 0.224 e. The fourth-order valence-electron chi connectivity index (χ4n) is 3.08. The van der Waals surface area contributed by atoms with Crippen molar-refractivity contribution in [3.05, 3.63) is 52.8 Å². The maximum absolute atomic E-state index is 12.3. The molecule has 0 bridgehead atoms. The number of ether oxygens (including phenoxy) is 2. The number of carbonyl (C=O) groups excluding carboxylic acids is 1. The first-order valence-corrected chi connectivity index (χ1v) is 9.35. The maximum Gasteiger partial charge on any atom is 0.224 e. The van der Waals surface area contributed by atoms with Crippen LogP contribution in [0.25, 0.3) is 11.0 Å². The van der Waals surface area contributed by atoms with E-state index in [9.17, 15) is 4.79 Å². The fraction of sp³-hybridized carbons (Fsp3) is 0.300. The van der Waals surface area contributed by atoms with Crippen molar-refractivity contribution in [2.75, 3.05) is 19.8 Å². The lowest BCUT2D eigenvalue weighted by molar-refractivity contribution is -0.120. The summed E-state index contributed by atoms with van der Waals surface area (Å²) in [4.78, 5) is 20.0. The van der Waals surface area contributed by atoms with Crippen molar-refractivity contribution in [3.8, 4) is 11.5 Å². The quantitative estimate of drug-likeness (QED) is 0.706. The van der Waals surface area contributed by atoms with Crippen LogP contribution >= 0.6 is 11.6 Å². The number of nitrogens with zero attached hydrogens (tertiary/aromatic N) is 1. The van der Waals surface area contributed by atoms with Crippen LogP contribution in [0.1, 0.15) is 17.8 Å². The van der Waals surface area contributed by atoms with Crippen LogP contribution in [0.2, 0.25) is 5.02 Å². The van der Waals surface area contributed by atoms with E-state index in [1.807, 2.05) is 30.3 Å². The van der Waals surface area contributed by atoms with Gasteiger partial charge in [0.15, 0.2) is 11.5 Å². The molecule has 7 heteroatoms. The summed E-state index contributed by atoms with van der Waals surface area (Å²) >= 11 is 6.28. The summed E-state index contributed by atoms with van der Waals surface area (Å²) in [6.07, 6.45) is 1.68. The standard InChI is InChI=1S/C20H20ClN3O3/c21-14-10-13(11-17-20(14)27-9-3-8-26-17)12-19(25)22-7-6-18-23-15-4-1-2-5-16(15)24-18/h1-2,4-5,10-11H,3,6-9,12H2,(H,22,25)(H,23,24). The Kier molecular flexibility index (Phi) is 5.16. The summed E-state index contributed by atoms with van der Waals surface area (Å²) in [6.45, 7) is 1.67. The number of fused-ring (bicyclic) bond motifs is 2. The number of amides is 1. The molecule has 1 amide bonds. The minimum Gasteiger partial charge on any atom is -0.489 e. The molecular formula is C20H20ClN3O3. The maximum atomic E-state index is 12.3. The van der Waals surface area contributed by atoms with Crippen LogP contribution in [0.15, 0.2) is 36.4 Å². The van der Waals surface area contributed by atoms with Crippen LogP contribution in [0, 0.1) is 0 Å². The number of halogens is 1. The molecular weight excluding hydrogens is 366 g/mol. The second-order valence-electron chi connectivity index (χ2n) is 6.43. The van der Waals surface area contributed by atoms with Gasteiger partial charge in [-0.3, -0.25) is 4.79 Å².